The minimum Gasteiger partial charge on any atom is -0.418 e. The van der Waals surface area contributed by atoms with Gasteiger partial charge in [-0.3, -0.25) is 5.10 Å². The van der Waals surface area contributed by atoms with Crippen molar-refractivity contribution in [3.8, 4) is 11.6 Å². The lowest BCUT2D eigenvalue weighted by molar-refractivity contribution is 0.525. The van der Waals surface area contributed by atoms with Crippen LogP contribution in [0, 0.1) is 6.92 Å². The number of aryl methyl sites for hydroxylation is 1. The Morgan fingerprint density at radius 3 is 2.92 bits per heavy atom. The highest BCUT2D eigenvalue weighted by Crippen LogP contribution is 2.18. The normalized spacial score (nSPS) is 10.6. The van der Waals surface area contributed by atoms with Gasteiger partial charge in [-0.05, 0) is 12.5 Å². The summed E-state index contributed by atoms with van der Waals surface area (Å²) in [5.41, 5.74) is 1.70. The van der Waals surface area contributed by atoms with Gasteiger partial charge in [0.25, 0.3) is 5.89 Å². The van der Waals surface area contributed by atoms with E-state index in [4.69, 9.17) is 16.0 Å². The Morgan fingerprint density at radius 1 is 1.54 bits per heavy atom. The third kappa shape index (κ3) is 1.42. The highest BCUT2D eigenvalue weighted by Gasteiger charge is 2.11. The molecule has 0 aliphatic heterocycles. The number of nitrogens with zero attached hydrogens (tertiary/aromatic N) is 3. The van der Waals surface area contributed by atoms with Crippen molar-refractivity contribution < 1.29 is 4.42 Å². The zero-order chi connectivity index (χ0) is 9.26. The Balaban J connectivity index is 2.41. The number of alkyl halides is 1. The van der Waals surface area contributed by atoms with E-state index in [0.29, 0.717) is 11.8 Å². The SMILES string of the molecule is Cc1cn[nH]c1-c1nnc(CCl)o1. The molecule has 13 heavy (non-hydrogen) atoms. The number of halogens is 1. The van der Waals surface area contributed by atoms with Crippen molar-refractivity contribution in [2.45, 2.75) is 12.8 Å². The van der Waals surface area contributed by atoms with Crippen molar-refractivity contribution >= 4 is 11.6 Å². The Bertz CT molecular complexity index is 408. The van der Waals surface area contributed by atoms with Gasteiger partial charge in [-0.15, -0.1) is 21.8 Å². The van der Waals surface area contributed by atoms with Crippen LogP contribution in [0.2, 0.25) is 0 Å². The molecule has 0 bridgehead atoms. The van der Waals surface area contributed by atoms with Crippen LogP contribution in [0.4, 0.5) is 0 Å². The van der Waals surface area contributed by atoms with E-state index in [9.17, 15) is 0 Å². The lowest BCUT2D eigenvalue weighted by Gasteiger charge is -1.88. The zero-order valence-electron chi connectivity index (χ0n) is 6.91. The molecule has 2 aromatic heterocycles. The standard InChI is InChI=1S/C7H7ClN4O/c1-4-3-9-11-6(4)7-12-10-5(2-8)13-7/h3H,2H2,1H3,(H,9,11). The summed E-state index contributed by atoms with van der Waals surface area (Å²) in [5, 5.41) is 14.2. The number of H-pyrrole nitrogens is 1. The minimum absolute atomic E-state index is 0.222. The van der Waals surface area contributed by atoms with Crippen LogP contribution in [0.25, 0.3) is 11.6 Å². The van der Waals surface area contributed by atoms with Crippen LogP contribution in [0.15, 0.2) is 10.6 Å². The number of hydrogen-bond acceptors (Lipinski definition) is 4. The van der Waals surface area contributed by atoms with Gasteiger partial charge in [0, 0.05) is 0 Å². The van der Waals surface area contributed by atoms with Gasteiger partial charge in [-0.2, -0.15) is 5.10 Å². The second-order valence-electron chi connectivity index (χ2n) is 2.56. The summed E-state index contributed by atoms with van der Waals surface area (Å²) >= 11 is 5.52. The molecule has 0 unspecified atom stereocenters. The van der Waals surface area contributed by atoms with Crippen molar-refractivity contribution in [3.63, 3.8) is 0 Å². The molecule has 0 amide bonds. The Hall–Kier alpha value is -1.36. The summed E-state index contributed by atoms with van der Waals surface area (Å²) in [6.07, 6.45) is 1.69. The molecule has 5 nitrogen and oxygen atoms in total. The number of hydrogen-bond donors (Lipinski definition) is 1. The summed E-state index contributed by atoms with van der Waals surface area (Å²) in [4.78, 5) is 0. The molecule has 0 fully saturated rings. The van der Waals surface area contributed by atoms with Crippen molar-refractivity contribution in [3.05, 3.63) is 17.7 Å². The van der Waals surface area contributed by atoms with Crippen LogP contribution in [0.3, 0.4) is 0 Å². The first-order valence-electron chi connectivity index (χ1n) is 3.70. The van der Waals surface area contributed by atoms with Crippen LogP contribution in [-0.4, -0.2) is 20.4 Å². The molecular weight excluding hydrogens is 192 g/mol. The summed E-state index contributed by atoms with van der Waals surface area (Å²) in [5.74, 6) is 1.05. The van der Waals surface area contributed by atoms with Crippen molar-refractivity contribution in [1.29, 1.82) is 0 Å². The molecule has 0 aliphatic rings. The summed E-state index contributed by atoms with van der Waals surface area (Å²) in [7, 11) is 0. The van der Waals surface area contributed by atoms with Gasteiger partial charge in [-0.25, -0.2) is 0 Å². The van der Waals surface area contributed by atoms with Crippen LogP contribution >= 0.6 is 11.6 Å². The van der Waals surface area contributed by atoms with Crippen LogP contribution in [0.1, 0.15) is 11.5 Å². The summed E-state index contributed by atoms with van der Waals surface area (Å²) < 4.78 is 5.23. The molecule has 0 aliphatic carbocycles. The maximum absolute atomic E-state index is 5.52. The Labute approximate surface area is 79.1 Å². The van der Waals surface area contributed by atoms with E-state index >= 15 is 0 Å². The molecule has 0 spiro atoms. The van der Waals surface area contributed by atoms with Crippen molar-refractivity contribution in [2.75, 3.05) is 0 Å². The Morgan fingerprint density at radius 2 is 2.38 bits per heavy atom. The fraction of sp³-hybridized carbons (Fsp3) is 0.286. The highest BCUT2D eigenvalue weighted by atomic mass is 35.5. The lowest BCUT2D eigenvalue weighted by Crippen LogP contribution is -1.80. The summed E-state index contributed by atoms with van der Waals surface area (Å²) in [6, 6.07) is 0. The van der Waals surface area contributed by atoms with E-state index in [-0.39, 0.29) is 5.88 Å². The molecule has 1 N–H and O–H groups in total. The van der Waals surface area contributed by atoms with Gasteiger partial charge < -0.3 is 4.42 Å². The van der Waals surface area contributed by atoms with E-state index in [0.717, 1.165) is 11.3 Å². The number of nitrogens with one attached hydrogen (secondary N) is 1. The molecule has 2 heterocycles. The molecule has 0 atom stereocenters. The number of aromatic amines is 1. The second kappa shape index (κ2) is 3.18. The third-order valence-corrected chi connectivity index (χ3v) is 1.85. The molecule has 0 radical (unpaired) electrons. The molecule has 6 heteroatoms. The number of aromatic nitrogens is 4. The van der Waals surface area contributed by atoms with Gasteiger partial charge in [0.1, 0.15) is 11.6 Å². The lowest BCUT2D eigenvalue weighted by atomic mass is 10.3. The van der Waals surface area contributed by atoms with Crippen LogP contribution in [-0.2, 0) is 5.88 Å². The Kier molecular flexibility index (Phi) is 2.02. The van der Waals surface area contributed by atoms with Gasteiger partial charge in [0.15, 0.2) is 0 Å². The maximum atomic E-state index is 5.52. The molecule has 0 saturated heterocycles. The molecule has 0 saturated carbocycles. The topological polar surface area (TPSA) is 67.6 Å². The van der Waals surface area contributed by atoms with Crippen molar-refractivity contribution in [1.82, 2.24) is 20.4 Å². The van der Waals surface area contributed by atoms with Gasteiger partial charge in [-0.1, -0.05) is 0 Å². The fourth-order valence-electron chi connectivity index (χ4n) is 0.972. The largest absolute Gasteiger partial charge is 0.418 e. The monoisotopic (exact) mass is 198 g/mol. The molecule has 2 aromatic rings. The van der Waals surface area contributed by atoms with E-state index in [1.54, 1.807) is 6.20 Å². The molecular formula is C7H7ClN4O. The van der Waals surface area contributed by atoms with E-state index in [2.05, 4.69) is 20.4 Å². The number of rotatable bonds is 2. The first-order chi connectivity index (χ1) is 6.31. The maximum Gasteiger partial charge on any atom is 0.266 e. The first kappa shape index (κ1) is 8.25. The predicted molar refractivity (Wildman–Crippen MR) is 46.2 cm³/mol. The van der Waals surface area contributed by atoms with Gasteiger partial charge in [0.2, 0.25) is 5.89 Å². The third-order valence-electron chi connectivity index (χ3n) is 1.62. The minimum atomic E-state index is 0.222. The van der Waals surface area contributed by atoms with Gasteiger partial charge >= 0.3 is 0 Å². The smallest absolute Gasteiger partial charge is 0.266 e. The van der Waals surface area contributed by atoms with E-state index < -0.39 is 0 Å². The van der Waals surface area contributed by atoms with E-state index in [1.807, 2.05) is 6.92 Å². The average Bonchev–Trinajstić information content (AvgIpc) is 2.71. The zero-order valence-corrected chi connectivity index (χ0v) is 7.67. The molecule has 2 rings (SSSR count). The first-order valence-corrected chi connectivity index (χ1v) is 4.23. The molecule has 0 aromatic carbocycles. The average molecular weight is 199 g/mol. The predicted octanol–water partition coefficient (Wildman–Crippen LogP) is 1.51. The summed E-state index contributed by atoms with van der Waals surface area (Å²) in [6.45, 7) is 1.91. The fourth-order valence-corrected chi connectivity index (χ4v) is 1.08. The van der Waals surface area contributed by atoms with Crippen LogP contribution < -0.4 is 0 Å². The van der Waals surface area contributed by atoms with Crippen LogP contribution in [0.5, 0.6) is 0 Å². The second-order valence-corrected chi connectivity index (χ2v) is 2.83. The van der Waals surface area contributed by atoms with Gasteiger partial charge in [0.05, 0.1) is 6.20 Å². The van der Waals surface area contributed by atoms with Crippen molar-refractivity contribution in [2.24, 2.45) is 0 Å². The van der Waals surface area contributed by atoms with E-state index in [1.165, 1.54) is 0 Å². The molecule has 68 valence electrons. The highest BCUT2D eigenvalue weighted by molar-refractivity contribution is 6.16. The quantitative estimate of drug-likeness (QED) is 0.743.